The number of ether oxygens (including phenoxy) is 1. The Labute approximate surface area is 239 Å². The summed E-state index contributed by atoms with van der Waals surface area (Å²) in [5, 5.41) is 18.9. The lowest BCUT2D eigenvalue weighted by molar-refractivity contribution is 0.0955. The van der Waals surface area contributed by atoms with E-state index in [0.29, 0.717) is 11.3 Å². The number of amides is 1. The molecule has 10 heteroatoms. The van der Waals surface area contributed by atoms with Crippen LogP contribution in [0.2, 0.25) is 0 Å². The molecule has 1 aromatic heterocycles. The molecule has 1 amide bonds. The summed E-state index contributed by atoms with van der Waals surface area (Å²) < 4.78 is 7.17. The quantitative estimate of drug-likeness (QED) is 0.120. The number of thiazole rings is 1. The molecule has 7 nitrogen and oxygen atoms in total. The van der Waals surface area contributed by atoms with Crippen LogP contribution in [-0.2, 0) is 0 Å². The normalized spacial score (nSPS) is 10.7. The van der Waals surface area contributed by atoms with Crippen LogP contribution in [0.4, 0.5) is 10.8 Å². The van der Waals surface area contributed by atoms with E-state index < -0.39 is 0 Å². The predicted molar refractivity (Wildman–Crippen MR) is 160 cm³/mol. The summed E-state index contributed by atoms with van der Waals surface area (Å²) in [6.07, 6.45) is 1.57. The number of benzene rings is 3. The van der Waals surface area contributed by atoms with Gasteiger partial charge in [-0.15, -0.1) is 11.3 Å². The fraction of sp³-hybridized carbons (Fsp3) is 0.0769. The zero-order valence-electron chi connectivity index (χ0n) is 19.0. The standard InChI is InChI=1S/C26H19I2N5O2S/c1-16-2-8-20(9-3-16)31-26-32-23(15-36-26)18-4-6-19(7-5-18)25(34)33-30-14-17-12-21(27)24(22(28)13-17)35-11-10-29/h2-9,12-15H,11H2,1H3,(H,31,32)(H,33,34)/b30-14-. The smallest absolute Gasteiger partial charge is 0.271 e. The van der Waals surface area contributed by atoms with Gasteiger partial charge in [-0.2, -0.15) is 10.4 Å². The number of aryl methyl sites for hydroxylation is 1. The Balaban J connectivity index is 1.36. The molecule has 1 heterocycles. The van der Waals surface area contributed by atoms with Gasteiger partial charge in [-0.3, -0.25) is 4.79 Å². The molecule has 0 atom stereocenters. The minimum absolute atomic E-state index is 0.0117. The van der Waals surface area contributed by atoms with Crippen LogP contribution in [0.15, 0.2) is 71.1 Å². The van der Waals surface area contributed by atoms with E-state index >= 15 is 0 Å². The van der Waals surface area contributed by atoms with Gasteiger partial charge in [0.15, 0.2) is 11.7 Å². The number of nitriles is 1. The molecule has 3 aromatic carbocycles. The maximum atomic E-state index is 12.5. The molecule has 0 saturated carbocycles. The van der Waals surface area contributed by atoms with Gasteiger partial charge in [-0.25, -0.2) is 10.4 Å². The molecule has 180 valence electrons. The van der Waals surface area contributed by atoms with E-state index in [4.69, 9.17) is 10.00 Å². The zero-order valence-corrected chi connectivity index (χ0v) is 24.1. The fourth-order valence-corrected chi connectivity index (χ4v) is 6.01. The van der Waals surface area contributed by atoms with Gasteiger partial charge in [0.1, 0.15) is 11.8 Å². The van der Waals surface area contributed by atoms with Crippen molar-refractivity contribution < 1.29 is 9.53 Å². The SMILES string of the molecule is Cc1ccc(Nc2nc(-c3ccc(C(=O)N/N=C\c4cc(I)c(OCC#N)c(I)c4)cc3)cs2)cc1. The molecular formula is C26H19I2N5O2S. The molecule has 0 fully saturated rings. The summed E-state index contributed by atoms with van der Waals surface area (Å²) >= 11 is 5.82. The van der Waals surface area contributed by atoms with Crippen molar-refractivity contribution in [1.82, 2.24) is 10.4 Å². The number of hydrogen-bond acceptors (Lipinski definition) is 7. The third-order valence-electron chi connectivity index (χ3n) is 4.93. The first-order valence-electron chi connectivity index (χ1n) is 10.6. The molecule has 0 aliphatic rings. The topological polar surface area (TPSA) is 99.4 Å². The number of halogens is 2. The van der Waals surface area contributed by atoms with E-state index in [0.717, 1.165) is 34.8 Å². The van der Waals surface area contributed by atoms with Crippen LogP contribution in [0.5, 0.6) is 5.75 Å². The third-order valence-corrected chi connectivity index (χ3v) is 7.29. The first-order valence-corrected chi connectivity index (χ1v) is 13.7. The second-order valence-corrected chi connectivity index (χ2v) is 10.7. The molecule has 0 saturated heterocycles. The van der Waals surface area contributed by atoms with Crippen molar-refractivity contribution in [2.24, 2.45) is 5.10 Å². The Hall–Kier alpha value is -3.02. The summed E-state index contributed by atoms with van der Waals surface area (Å²) in [5.74, 6) is 0.355. The number of aromatic nitrogens is 1. The summed E-state index contributed by atoms with van der Waals surface area (Å²) in [5.41, 5.74) is 7.81. The third kappa shape index (κ3) is 6.80. The van der Waals surface area contributed by atoms with Crippen molar-refractivity contribution in [3.05, 3.63) is 89.9 Å². The molecule has 0 bridgehead atoms. The second-order valence-electron chi connectivity index (χ2n) is 7.57. The van der Waals surface area contributed by atoms with Crippen molar-refractivity contribution >= 4 is 79.5 Å². The van der Waals surface area contributed by atoms with Gasteiger partial charge >= 0.3 is 0 Å². The van der Waals surface area contributed by atoms with Crippen molar-refractivity contribution in [3.63, 3.8) is 0 Å². The molecule has 0 aliphatic heterocycles. The van der Waals surface area contributed by atoms with Crippen molar-refractivity contribution in [3.8, 4) is 23.1 Å². The molecule has 0 radical (unpaired) electrons. The first kappa shape index (κ1) is 26.1. The van der Waals surface area contributed by atoms with Gasteiger partial charge in [-0.05, 0) is 94.1 Å². The number of hydrogen-bond donors (Lipinski definition) is 2. The Kier molecular flexibility index (Phi) is 8.89. The maximum absolute atomic E-state index is 12.5. The summed E-state index contributed by atoms with van der Waals surface area (Å²) in [4.78, 5) is 17.2. The average molecular weight is 719 g/mol. The van der Waals surface area contributed by atoms with Gasteiger partial charge < -0.3 is 10.1 Å². The van der Waals surface area contributed by atoms with Crippen molar-refractivity contribution in [2.45, 2.75) is 6.92 Å². The number of rotatable bonds is 8. The highest BCUT2D eigenvalue weighted by Crippen LogP contribution is 2.29. The van der Waals surface area contributed by atoms with E-state index in [-0.39, 0.29) is 12.5 Å². The Morgan fingerprint density at radius 2 is 1.83 bits per heavy atom. The second kappa shape index (κ2) is 12.3. The lowest BCUT2D eigenvalue weighted by atomic mass is 10.1. The van der Waals surface area contributed by atoms with Crippen LogP contribution < -0.4 is 15.5 Å². The van der Waals surface area contributed by atoms with Gasteiger partial charge in [0.05, 0.1) is 19.0 Å². The van der Waals surface area contributed by atoms with Gasteiger partial charge in [0.2, 0.25) is 0 Å². The van der Waals surface area contributed by atoms with E-state index in [2.05, 4.69) is 85.1 Å². The highest BCUT2D eigenvalue weighted by molar-refractivity contribution is 14.1. The lowest BCUT2D eigenvalue weighted by Gasteiger charge is -2.08. The van der Waals surface area contributed by atoms with Crippen LogP contribution in [0.1, 0.15) is 21.5 Å². The van der Waals surface area contributed by atoms with Gasteiger partial charge in [0, 0.05) is 22.2 Å². The molecule has 0 aliphatic carbocycles. The van der Waals surface area contributed by atoms with Crippen molar-refractivity contribution in [2.75, 3.05) is 11.9 Å². The molecule has 0 spiro atoms. The number of nitrogens with zero attached hydrogens (tertiary/aromatic N) is 3. The number of anilines is 2. The van der Waals surface area contributed by atoms with E-state index in [1.807, 2.05) is 47.8 Å². The fourth-order valence-electron chi connectivity index (χ4n) is 3.14. The van der Waals surface area contributed by atoms with Crippen molar-refractivity contribution in [1.29, 1.82) is 5.26 Å². The molecule has 2 N–H and O–H groups in total. The van der Waals surface area contributed by atoms with Gasteiger partial charge in [-0.1, -0.05) is 29.8 Å². The summed E-state index contributed by atoms with van der Waals surface area (Å²) in [6, 6.07) is 21.1. The minimum Gasteiger partial charge on any atom is -0.477 e. The monoisotopic (exact) mass is 719 g/mol. The van der Waals surface area contributed by atoms with E-state index in [9.17, 15) is 4.79 Å². The van der Waals surface area contributed by atoms with Gasteiger partial charge in [0.25, 0.3) is 5.91 Å². The van der Waals surface area contributed by atoms with Crippen LogP contribution in [0, 0.1) is 25.4 Å². The zero-order chi connectivity index (χ0) is 25.5. The Morgan fingerprint density at radius 3 is 2.50 bits per heavy atom. The molecule has 0 unspecified atom stereocenters. The largest absolute Gasteiger partial charge is 0.477 e. The highest BCUT2D eigenvalue weighted by atomic mass is 127. The van der Waals surface area contributed by atoms with Crippen LogP contribution in [0.25, 0.3) is 11.3 Å². The first-order chi connectivity index (χ1) is 17.4. The summed E-state index contributed by atoms with van der Waals surface area (Å²) in [7, 11) is 0. The number of hydrazone groups is 1. The molecule has 4 aromatic rings. The van der Waals surface area contributed by atoms with Crippen LogP contribution in [-0.4, -0.2) is 23.7 Å². The molecule has 4 rings (SSSR count). The van der Waals surface area contributed by atoms with Crippen LogP contribution >= 0.6 is 56.5 Å². The van der Waals surface area contributed by atoms with E-state index in [1.54, 1.807) is 18.3 Å². The highest BCUT2D eigenvalue weighted by Gasteiger charge is 2.10. The predicted octanol–water partition coefficient (Wildman–Crippen LogP) is 6.74. The average Bonchev–Trinajstić information content (AvgIpc) is 3.33. The Bertz CT molecular complexity index is 1420. The van der Waals surface area contributed by atoms with E-state index in [1.165, 1.54) is 16.9 Å². The lowest BCUT2D eigenvalue weighted by Crippen LogP contribution is -2.17. The minimum atomic E-state index is -0.309. The number of nitrogens with one attached hydrogen (secondary N) is 2. The maximum Gasteiger partial charge on any atom is 0.271 e. The number of carbonyl (C=O) groups is 1. The van der Waals surface area contributed by atoms with Crippen LogP contribution in [0.3, 0.4) is 0 Å². The molecule has 36 heavy (non-hydrogen) atoms. The summed E-state index contributed by atoms with van der Waals surface area (Å²) in [6.45, 7) is 2.04. The Morgan fingerprint density at radius 1 is 1.14 bits per heavy atom. The number of carbonyl (C=O) groups excluding carboxylic acids is 1. The molecular weight excluding hydrogens is 700 g/mol.